The van der Waals surface area contributed by atoms with Crippen molar-refractivity contribution in [3.05, 3.63) is 17.5 Å². The number of hydrogen-bond donors (Lipinski definition) is 1. The zero-order chi connectivity index (χ0) is 17.0. The summed E-state index contributed by atoms with van der Waals surface area (Å²) in [5, 5.41) is 5.89. The predicted octanol–water partition coefficient (Wildman–Crippen LogP) is 2.29. The van der Waals surface area contributed by atoms with Gasteiger partial charge in [0.2, 0.25) is 0 Å². The van der Waals surface area contributed by atoms with E-state index in [0.29, 0.717) is 12.5 Å². The van der Waals surface area contributed by atoms with Crippen LogP contribution in [-0.4, -0.2) is 46.8 Å². The number of rotatable bonds is 5. The fraction of sp³-hybridized carbons (Fsp3) is 0.733. The predicted molar refractivity (Wildman–Crippen MR) is 80.0 cm³/mol. The Labute approximate surface area is 133 Å². The fourth-order valence-corrected chi connectivity index (χ4v) is 2.95. The van der Waals surface area contributed by atoms with E-state index in [1.807, 2.05) is 0 Å². The molecule has 1 aliphatic heterocycles. The van der Waals surface area contributed by atoms with Gasteiger partial charge in [-0.2, -0.15) is 18.3 Å². The van der Waals surface area contributed by atoms with E-state index in [1.54, 1.807) is 0 Å². The largest absolute Gasteiger partial charge is 0.435 e. The number of nitrogens with one attached hydrogen (secondary N) is 1. The molecule has 1 aromatic heterocycles. The van der Waals surface area contributed by atoms with Crippen LogP contribution in [0.15, 0.2) is 6.20 Å². The summed E-state index contributed by atoms with van der Waals surface area (Å²) in [6.45, 7) is 5.53. The first-order valence-corrected chi connectivity index (χ1v) is 7.88. The number of alkyl halides is 3. The number of hydrogen-bond acceptors (Lipinski definition) is 3. The summed E-state index contributed by atoms with van der Waals surface area (Å²) in [7, 11) is 1.36. The van der Waals surface area contributed by atoms with Gasteiger partial charge in [0.15, 0.2) is 5.69 Å². The van der Waals surface area contributed by atoms with Crippen LogP contribution in [0.3, 0.4) is 0 Å². The average molecular weight is 332 g/mol. The Kier molecular flexibility index (Phi) is 5.67. The standard InChI is InChI=1S/C15H23F3N4O/c1-11-5-3-7-22(9-11)8-4-6-19-14(23)12-10-21(2)20-13(12)15(16,17)18/h10-11H,3-9H2,1-2H3,(H,19,23)/t11-/m1/s1. The molecule has 5 nitrogen and oxygen atoms in total. The first-order chi connectivity index (χ1) is 10.8. The number of likely N-dealkylation sites (tertiary alicyclic amines) is 1. The molecule has 1 N–H and O–H groups in total. The topological polar surface area (TPSA) is 50.2 Å². The minimum absolute atomic E-state index is 0.357. The van der Waals surface area contributed by atoms with Crippen molar-refractivity contribution in [2.75, 3.05) is 26.2 Å². The summed E-state index contributed by atoms with van der Waals surface area (Å²) >= 11 is 0. The number of amides is 1. The molecular formula is C15H23F3N4O. The van der Waals surface area contributed by atoms with Gasteiger partial charge in [0.05, 0.1) is 5.56 Å². The normalized spacial score (nSPS) is 19.8. The Morgan fingerprint density at radius 2 is 2.22 bits per heavy atom. The number of aryl methyl sites for hydroxylation is 1. The molecule has 1 amide bonds. The van der Waals surface area contributed by atoms with Crippen molar-refractivity contribution in [1.82, 2.24) is 20.0 Å². The van der Waals surface area contributed by atoms with Gasteiger partial charge in [-0.25, -0.2) is 0 Å². The molecule has 1 aromatic rings. The number of carbonyl (C=O) groups is 1. The Balaban J connectivity index is 1.81. The second kappa shape index (κ2) is 7.33. The van der Waals surface area contributed by atoms with Gasteiger partial charge in [0, 0.05) is 26.3 Å². The van der Waals surface area contributed by atoms with Crippen molar-refractivity contribution in [3.63, 3.8) is 0 Å². The summed E-state index contributed by atoms with van der Waals surface area (Å²) in [5.41, 5.74) is -1.56. The molecule has 1 fully saturated rings. The van der Waals surface area contributed by atoms with Gasteiger partial charge in [0.25, 0.3) is 5.91 Å². The summed E-state index contributed by atoms with van der Waals surface area (Å²) in [4.78, 5) is 14.3. The summed E-state index contributed by atoms with van der Waals surface area (Å²) < 4.78 is 39.5. The molecule has 1 atom stereocenters. The van der Waals surface area contributed by atoms with Crippen LogP contribution in [-0.2, 0) is 13.2 Å². The van der Waals surface area contributed by atoms with Crippen LogP contribution in [0.2, 0.25) is 0 Å². The van der Waals surface area contributed by atoms with Gasteiger partial charge < -0.3 is 10.2 Å². The van der Waals surface area contributed by atoms with E-state index in [4.69, 9.17) is 0 Å². The zero-order valence-corrected chi connectivity index (χ0v) is 13.5. The number of aromatic nitrogens is 2. The molecule has 0 unspecified atom stereocenters. The molecule has 23 heavy (non-hydrogen) atoms. The van der Waals surface area contributed by atoms with Crippen LogP contribution in [0.5, 0.6) is 0 Å². The van der Waals surface area contributed by atoms with Gasteiger partial charge in [-0.15, -0.1) is 0 Å². The number of nitrogens with zero attached hydrogens (tertiary/aromatic N) is 3. The fourth-order valence-electron chi connectivity index (χ4n) is 2.95. The van der Waals surface area contributed by atoms with Gasteiger partial charge in [-0.3, -0.25) is 9.48 Å². The molecule has 2 rings (SSSR count). The van der Waals surface area contributed by atoms with Gasteiger partial charge in [-0.05, 0) is 38.3 Å². The van der Waals surface area contributed by atoms with Gasteiger partial charge in [-0.1, -0.05) is 6.92 Å². The molecule has 0 aliphatic carbocycles. The maximum absolute atomic E-state index is 12.8. The van der Waals surface area contributed by atoms with Crippen LogP contribution >= 0.6 is 0 Å². The number of carbonyl (C=O) groups excluding carboxylic acids is 1. The van der Waals surface area contributed by atoms with Crippen molar-refractivity contribution in [2.24, 2.45) is 13.0 Å². The van der Waals surface area contributed by atoms with Crippen LogP contribution < -0.4 is 5.32 Å². The van der Waals surface area contributed by atoms with Crippen LogP contribution in [0, 0.1) is 5.92 Å². The summed E-state index contributed by atoms with van der Waals surface area (Å²) in [6, 6.07) is 0. The average Bonchev–Trinajstić information content (AvgIpc) is 2.86. The highest BCUT2D eigenvalue weighted by Crippen LogP contribution is 2.30. The SMILES string of the molecule is C[C@@H]1CCCN(CCCNC(=O)c2cn(C)nc2C(F)(F)F)C1. The summed E-state index contributed by atoms with van der Waals surface area (Å²) in [5.74, 6) is -0.0412. The maximum atomic E-state index is 12.8. The molecule has 130 valence electrons. The van der Waals surface area contributed by atoms with E-state index in [9.17, 15) is 18.0 Å². The highest BCUT2D eigenvalue weighted by molar-refractivity contribution is 5.95. The second-order valence-corrected chi connectivity index (χ2v) is 6.22. The molecule has 8 heteroatoms. The lowest BCUT2D eigenvalue weighted by atomic mass is 10.0. The van der Waals surface area contributed by atoms with Crippen molar-refractivity contribution >= 4 is 5.91 Å². The Morgan fingerprint density at radius 3 is 2.87 bits per heavy atom. The van der Waals surface area contributed by atoms with E-state index >= 15 is 0 Å². The van der Waals surface area contributed by atoms with Crippen molar-refractivity contribution in [2.45, 2.75) is 32.4 Å². The minimum Gasteiger partial charge on any atom is -0.352 e. The maximum Gasteiger partial charge on any atom is 0.435 e. The molecule has 1 aliphatic rings. The van der Waals surface area contributed by atoms with E-state index in [2.05, 4.69) is 22.2 Å². The van der Waals surface area contributed by atoms with Gasteiger partial charge >= 0.3 is 6.18 Å². The molecule has 0 aromatic carbocycles. The second-order valence-electron chi connectivity index (χ2n) is 6.22. The Morgan fingerprint density at radius 1 is 1.48 bits per heavy atom. The van der Waals surface area contributed by atoms with E-state index in [1.165, 1.54) is 19.9 Å². The molecule has 2 heterocycles. The molecular weight excluding hydrogens is 309 g/mol. The van der Waals surface area contributed by atoms with Gasteiger partial charge in [0.1, 0.15) is 0 Å². The zero-order valence-electron chi connectivity index (χ0n) is 13.5. The molecule has 0 spiro atoms. The quantitative estimate of drug-likeness (QED) is 0.842. The van der Waals surface area contributed by atoms with Crippen molar-refractivity contribution < 1.29 is 18.0 Å². The monoisotopic (exact) mass is 332 g/mol. The lowest BCUT2D eigenvalue weighted by Crippen LogP contribution is -2.36. The smallest absolute Gasteiger partial charge is 0.352 e. The van der Waals surface area contributed by atoms with Crippen LogP contribution in [0.1, 0.15) is 42.2 Å². The van der Waals surface area contributed by atoms with E-state index in [0.717, 1.165) is 36.9 Å². The lowest BCUT2D eigenvalue weighted by Gasteiger charge is -2.30. The molecule has 0 saturated carbocycles. The first kappa shape index (κ1) is 17.8. The Bertz CT molecular complexity index is 541. The first-order valence-electron chi connectivity index (χ1n) is 7.88. The number of piperidine rings is 1. The van der Waals surface area contributed by atoms with Crippen LogP contribution in [0.4, 0.5) is 13.2 Å². The van der Waals surface area contributed by atoms with E-state index in [-0.39, 0.29) is 0 Å². The number of halogens is 3. The lowest BCUT2D eigenvalue weighted by molar-refractivity contribution is -0.141. The van der Waals surface area contributed by atoms with Crippen LogP contribution in [0.25, 0.3) is 0 Å². The van der Waals surface area contributed by atoms with E-state index < -0.39 is 23.3 Å². The minimum atomic E-state index is -4.63. The molecule has 0 bridgehead atoms. The highest BCUT2D eigenvalue weighted by atomic mass is 19.4. The van der Waals surface area contributed by atoms with Crippen molar-refractivity contribution in [1.29, 1.82) is 0 Å². The molecule has 1 saturated heterocycles. The third-order valence-electron chi connectivity index (χ3n) is 4.02. The highest BCUT2D eigenvalue weighted by Gasteiger charge is 2.38. The third-order valence-corrected chi connectivity index (χ3v) is 4.02. The van der Waals surface area contributed by atoms with Crippen molar-refractivity contribution in [3.8, 4) is 0 Å². The third kappa shape index (κ3) is 4.95. The Hall–Kier alpha value is -1.57. The molecule has 0 radical (unpaired) electrons. The summed E-state index contributed by atoms with van der Waals surface area (Å²) in [6.07, 6.45) is -0.380.